The number of hydrogen-bond acceptors (Lipinski definition) is 2. The van der Waals surface area contributed by atoms with Crippen LogP contribution >= 0.6 is 23.4 Å². The van der Waals surface area contributed by atoms with Crippen molar-refractivity contribution in [3.8, 4) is 0 Å². The molecule has 0 fully saturated rings. The lowest BCUT2D eigenvalue weighted by atomic mass is 10.1. The molecule has 2 aromatic carbocycles. The van der Waals surface area contributed by atoms with E-state index in [1.807, 2.05) is 31.2 Å². The molecule has 0 aliphatic carbocycles. The summed E-state index contributed by atoms with van der Waals surface area (Å²) < 4.78 is 13.3. The Balaban J connectivity index is 1.93. The first kappa shape index (κ1) is 15.1. The van der Waals surface area contributed by atoms with E-state index in [0.29, 0.717) is 11.3 Å². The third-order valence-electron chi connectivity index (χ3n) is 2.87. The Morgan fingerprint density at radius 3 is 2.70 bits per heavy atom. The number of carbonyl (C=O) groups excluding carboxylic acids is 1. The van der Waals surface area contributed by atoms with E-state index in [2.05, 4.69) is 0 Å². The summed E-state index contributed by atoms with van der Waals surface area (Å²) in [6, 6.07) is 12.4. The Morgan fingerprint density at radius 1 is 1.25 bits per heavy atom. The molecule has 4 heteroatoms. The van der Waals surface area contributed by atoms with Crippen molar-refractivity contribution in [2.45, 2.75) is 18.2 Å². The Bertz CT molecular complexity index is 628. The van der Waals surface area contributed by atoms with E-state index in [0.717, 1.165) is 10.5 Å². The van der Waals surface area contributed by atoms with Gasteiger partial charge in [0, 0.05) is 11.3 Å². The molecule has 0 saturated heterocycles. The molecule has 0 aliphatic rings. The van der Waals surface area contributed by atoms with Crippen molar-refractivity contribution in [1.82, 2.24) is 0 Å². The van der Waals surface area contributed by atoms with Gasteiger partial charge in [0.15, 0.2) is 0 Å². The van der Waals surface area contributed by atoms with Crippen LogP contribution in [-0.2, 0) is 11.2 Å². The molecule has 2 rings (SSSR count). The molecule has 2 aromatic rings. The normalized spacial score (nSPS) is 10.6. The average Bonchev–Trinajstić information content (AvgIpc) is 2.42. The summed E-state index contributed by atoms with van der Waals surface area (Å²) >= 11 is 7.12. The minimum atomic E-state index is -0.483. The highest BCUT2D eigenvalue weighted by molar-refractivity contribution is 8.00. The summed E-state index contributed by atoms with van der Waals surface area (Å²) in [6.45, 7) is 2.02. The molecule has 0 amide bonds. The molecular weight excluding hydrogens is 295 g/mol. The standard InChI is InChI=1S/C16H14ClFOS/c1-11-4-2-3-5-16(11)20-10-13(19)8-12-6-7-14(17)15(18)9-12/h2-7,9H,8,10H2,1H3. The number of aryl methyl sites for hydroxylation is 1. The average molecular weight is 309 g/mol. The van der Waals surface area contributed by atoms with Crippen LogP contribution in [0.5, 0.6) is 0 Å². The van der Waals surface area contributed by atoms with Crippen molar-refractivity contribution in [2.24, 2.45) is 0 Å². The van der Waals surface area contributed by atoms with Crippen LogP contribution in [0.15, 0.2) is 47.4 Å². The number of hydrogen-bond donors (Lipinski definition) is 0. The van der Waals surface area contributed by atoms with E-state index in [1.54, 1.807) is 6.07 Å². The van der Waals surface area contributed by atoms with Gasteiger partial charge in [-0.3, -0.25) is 4.79 Å². The number of ketones is 1. The molecule has 0 heterocycles. The summed E-state index contributed by atoms with van der Waals surface area (Å²) in [5.74, 6) is -0.0294. The SMILES string of the molecule is Cc1ccccc1SCC(=O)Cc1ccc(Cl)c(F)c1. The molecule has 0 unspecified atom stereocenters. The molecule has 20 heavy (non-hydrogen) atoms. The van der Waals surface area contributed by atoms with Gasteiger partial charge in [-0.05, 0) is 36.2 Å². The van der Waals surface area contributed by atoms with Crippen LogP contribution in [0.4, 0.5) is 4.39 Å². The number of benzene rings is 2. The second-order valence-electron chi connectivity index (χ2n) is 4.52. The van der Waals surface area contributed by atoms with Gasteiger partial charge in [-0.25, -0.2) is 4.39 Å². The lowest BCUT2D eigenvalue weighted by Gasteiger charge is -2.05. The van der Waals surface area contributed by atoms with Crippen molar-refractivity contribution in [2.75, 3.05) is 5.75 Å². The molecule has 0 atom stereocenters. The maximum atomic E-state index is 13.3. The van der Waals surface area contributed by atoms with Crippen molar-refractivity contribution in [1.29, 1.82) is 0 Å². The number of Topliss-reactive ketones (excluding diaryl/α,β-unsaturated/α-hetero) is 1. The number of thioether (sulfide) groups is 1. The second kappa shape index (κ2) is 6.91. The van der Waals surface area contributed by atoms with Gasteiger partial charge in [0.2, 0.25) is 0 Å². The minimum Gasteiger partial charge on any atom is -0.298 e. The Morgan fingerprint density at radius 2 is 2.00 bits per heavy atom. The zero-order valence-corrected chi connectivity index (χ0v) is 12.6. The molecule has 0 radical (unpaired) electrons. The molecule has 1 nitrogen and oxygen atoms in total. The van der Waals surface area contributed by atoms with Gasteiger partial charge in [-0.15, -0.1) is 11.8 Å². The summed E-state index contributed by atoms with van der Waals surface area (Å²) in [4.78, 5) is 13.0. The first-order chi connectivity index (χ1) is 9.56. The number of halogens is 2. The summed E-state index contributed by atoms with van der Waals surface area (Å²) in [5, 5.41) is 0.0792. The minimum absolute atomic E-state index is 0.0694. The van der Waals surface area contributed by atoms with Crippen molar-refractivity contribution in [3.05, 3.63) is 64.4 Å². The van der Waals surface area contributed by atoms with Gasteiger partial charge in [0.05, 0.1) is 10.8 Å². The van der Waals surface area contributed by atoms with Gasteiger partial charge in [0.25, 0.3) is 0 Å². The fourth-order valence-electron chi connectivity index (χ4n) is 1.80. The first-order valence-corrected chi connectivity index (χ1v) is 7.56. The molecular formula is C16H14ClFOS. The van der Waals surface area contributed by atoms with Crippen LogP contribution < -0.4 is 0 Å². The second-order valence-corrected chi connectivity index (χ2v) is 5.94. The van der Waals surface area contributed by atoms with E-state index in [4.69, 9.17) is 11.6 Å². The third-order valence-corrected chi connectivity index (χ3v) is 4.41. The van der Waals surface area contributed by atoms with Crippen LogP contribution in [0, 0.1) is 12.7 Å². The Hall–Kier alpha value is -1.32. The van der Waals surface area contributed by atoms with Crippen LogP contribution in [0.2, 0.25) is 5.02 Å². The van der Waals surface area contributed by atoms with Crippen molar-refractivity contribution in [3.63, 3.8) is 0 Å². The molecule has 104 valence electrons. The Kier molecular flexibility index (Phi) is 5.21. The molecule has 0 spiro atoms. The van der Waals surface area contributed by atoms with Crippen LogP contribution in [0.1, 0.15) is 11.1 Å². The molecule has 0 aromatic heterocycles. The van der Waals surface area contributed by atoms with E-state index in [-0.39, 0.29) is 17.2 Å². The van der Waals surface area contributed by atoms with Gasteiger partial charge in [0.1, 0.15) is 11.6 Å². The van der Waals surface area contributed by atoms with E-state index in [9.17, 15) is 9.18 Å². The maximum absolute atomic E-state index is 13.3. The highest BCUT2D eigenvalue weighted by Crippen LogP contribution is 2.22. The summed E-state index contributed by atoms with van der Waals surface area (Å²) in [7, 11) is 0. The lowest BCUT2D eigenvalue weighted by Crippen LogP contribution is -2.06. The number of rotatable bonds is 5. The number of carbonyl (C=O) groups is 1. The van der Waals surface area contributed by atoms with Crippen molar-refractivity contribution < 1.29 is 9.18 Å². The molecule has 0 bridgehead atoms. The molecule has 0 N–H and O–H groups in total. The monoisotopic (exact) mass is 308 g/mol. The predicted molar refractivity (Wildman–Crippen MR) is 82.0 cm³/mol. The Labute approximate surface area is 127 Å². The quantitative estimate of drug-likeness (QED) is 0.745. The highest BCUT2D eigenvalue weighted by atomic mass is 35.5. The van der Waals surface area contributed by atoms with E-state index >= 15 is 0 Å². The van der Waals surface area contributed by atoms with Crippen LogP contribution in [0.3, 0.4) is 0 Å². The summed E-state index contributed by atoms with van der Waals surface area (Å²) in [5.41, 5.74) is 1.81. The largest absolute Gasteiger partial charge is 0.298 e. The molecule has 0 aliphatic heterocycles. The third kappa shape index (κ3) is 4.09. The maximum Gasteiger partial charge on any atom is 0.147 e. The highest BCUT2D eigenvalue weighted by Gasteiger charge is 2.08. The van der Waals surface area contributed by atoms with Gasteiger partial charge in [-0.1, -0.05) is 35.9 Å². The fraction of sp³-hybridized carbons (Fsp3) is 0.188. The smallest absolute Gasteiger partial charge is 0.147 e. The zero-order chi connectivity index (χ0) is 14.5. The zero-order valence-electron chi connectivity index (χ0n) is 11.0. The van der Waals surface area contributed by atoms with Gasteiger partial charge in [-0.2, -0.15) is 0 Å². The van der Waals surface area contributed by atoms with Crippen LogP contribution in [0.25, 0.3) is 0 Å². The van der Waals surface area contributed by atoms with Gasteiger partial charge < -0.3 is 0 Å². The first-order valence-electron chi connectivity index (χ1n) is 6.20. The van der Waals surface area contributed by atoms with E-state index in [1.165, 1.54) is 23.9 Å². The predicted octanol–water partition coefficient (Wildman–Crippen LogP) is 4.69. The van der Waals surface area contributed by atoms with Gasteiger partial charge >= 0.3 is 0 Å². The topological polar surface area (TPSA) is 17.1 Å². The van der Waals surface area contributed by atoms with E-state index < -0.39 is 5.82 Å². The fourth-order valence-corrected chi connectivity index (χ4v) is 2.81. The lowest BCUT2D eigenvalue weighted by molar-refractivity contribution is -0.116. The molecule has 0 saturated carbocycles. The van der Waals surface area contributed by atoms with Crippen molar-refractivity contribution >= 4 is 29.1 Å². The summed E-state index contributed by atoms with van der Waals surface area (Å²) in [6.07, 6.45) is 0.229. The van der Waals surface area contributed by atoms with Crippen LogP contribution in [-0.4, -0.2) is 11.5 Å².